The summed E-state index contributed by atoms with van der Waals surface area (Å²) >= 11 is 0. The van der Waals surface area contributed by atoms with E-state index in [4.69, 9.17) is 4.74 Å². The van der Waals surface area contributed by atoms with Gasteiger partial charge in [-0.15, -0.1) is 0 Å². The molecule has 0 radical (unpaired) electrons. The van der Waals surface area contributed by atoms with Gasteiger partial charge in [0.25, 0.3) is 0 Å². The number of pyridine rings is 2. The van der Waals surface area contributed by atoms with Crippen molar-refractivity contribution in [1.82, 2.24) is 19.5 Å². The van der Waals surface area contributed by atoms with Gasteiger partial charge in [-0.2, -0.15) is 0 Å². The first-order valence-corrected chi connectivity index (χ1v) is 8.61. The third-order valence-electron chi connectivity index (χ3n) is 4.59. The quantitative estimate of drug-likeness (QED) is 0.548. The fourth-order valence-electron chi connectivity index (χ4n) is 3.28. The lowest BCUT2D eigenvalue weighted by atomic mass is 10.0. The number of fused-ring (bicyclic) bond motifs is 1. The number of aromatic nitrogens is 4. The van der Waals surface area contributed by atoms with Gasteiger partial charge in [-0.25, -0.2) is 9.97 Å². The molecule has 5 nitrogen and oxygen atoms in total. The average molecular weight is 344 g/mol. The van der Waals surface area contributed by atoms with Crippen molar-refractivity contribution in [3.8, 4) is 17.3 Å². The molecular weight excluding hydrogens is 324 g/mol. The van der Waals surface area contributed by atoms with Gasteiger partial charge < -0.3 is 9.30 Å². The van der Waals surface area contributed by atoms with E-state index < -0.39 is 0 Å². The average Bonchev–Trinajstić information content (AvgIpc) is 3.15. The van der Waals surface area contributed by atoms with Crippen molar-refractivity contribution in [2.45, 2.75) is 19.9 Å². The lowest BCUT2D eigenvalue weighted by Gasteiger charge is -2.12. The summed E-state index contributed by atoms with van der Waals surface area (Å²) in [6.07, 6.45) is 8.26. The molecule has 3 heterocycles. The Bertz CT molecular complexity index is 1050. The molecule has 0 saturated carbocycles. The molecule has 0 aliphatic rings. The maximum absolute atomic E-state index is 5.36. The Morgan fingerprint density at radius 3 is 2.69 bits per heavy atom. The predicted octanol–water partition coefficient (Wildman–Crippen LogP) is 4.05. The maximum Gasteiger partial charge on any atom is 0.216 e. The van der Waals surface area contributed by atoms with E-state index in [-0.39, 0.29) is 0 Å². The van der Waals surface area contributed by atoms with E-state index in [0.29, 0.717) is 5.88 Å². The summed E-state index contributed by atoms with van der Waals surface area (Å²) in [6.45, 7) is 2.88. The van der Waals surface area contributed by atoms with Crippen molar-refractivity contribution < 1.29 is 4.74 Å². The van der Waals surface area contributed by atoms with Gasteiger partial charge in [-0.1, -0.05) is 24.3 Å². The summed E-state index contributed by atoms with van der Waals surface area (Å²) in [5.41, 5.74) is 4.38. The molecule has 0 unspecified atom stereocenters. The Morgan fingerprint density at radius 2 is 1.81 bits per heavy atom. The van der Waals surface area contributed by atoms with Crippen LogP contribution in [0.1, 0.15) is 11.1 Å². The van der Waals surface area contributed by atoms with Crippen molar-refractivity contribution in [1.29, 1.82) is 0 Å². The second-order valence-electron chi connectivity index (χ2n) is 6.20. The Hall–Kier alpha value is -3.21. The normalized spacial score (nSPS) is 11.0. The molecule has 0 N–H and O–H groups in total. The smallest absolute Gasteiger partial charge is 0.216 e. The van der Waals surface area contributed by atoms with Crippen molar-refractivity contribution in [2.75, 3.05) is 7.11 Å². The van der Waals surface area contributed by atoms with Crippen LogP contribution in [0.25, 0.3) is 22.3 Å². The molecule has 0 aliphatic heterocycles. The Labute approximate surface area is 152 Å². The van der Waals surface area contributed by atoms with Crippen LogP contribution >= 0.6 is 0 Å². The monoisotopic (exact) mass is 344 g/mol. The van der Waals surface area contributed by atoms with E-state index in [0.717, 1.165) is 40.8 Å². The van der Waals surface area contributed by atoms with E-state index in [2.05, 4.69) is 44.6 Å². The summed E-state index contributed by atoms with van der Waals surface area (Å²) in [4.78, 5) is 13.4. The second kappa shape index (κ2) is 6.96. The first-order chi connectivity index (χ1) is 12.8. The number of hydrogen-bond acceptors (Lipinski definition) is 4. The fraction of sp³-hybridized carbons (Fsp3) is 0.190. The number of benzene rings is 1. The minimum atomic E-state index is 0.680. The van der Waals surface area contributed by atoms with Crippen LogP contribution in [0.3, 0.4) is 0 Å². The number of nitrogens with zero attached hydrogens (tertiary/aromatic N) is 4. The van der Waals surface area contributed by atoms with Crippen LogP contribution in [-0.4, -0.2) is 26.6 Å². The van der Waals surface area contributed by atoms with E-state index >= 15 is 0 Å². The highest BCUT2D eigenvalue weighted by atomic mass is 16.5. The van der Waals surface area contributed by atoms with Gasteiger partial charge in [0.1, 0.15) is 5.82 Å². The van der Waals surface area contributed by atoms with Crippen LogP contribution in [0.5, 0.6) is 5.88 Å². The van der Waals surface area contributed by atoms with E-state index in [1.165, 1.54) is 5.56 Å². The summed E-state index contributed by atoms with van der Waals surface area (Å²) < 4.78 is 7.53. The van der Waals surface area contributed by atoms with Crippen LogP contribution in [0.2, 0.25) is 0 Å². The maximum atomic E-state index is 5.36. The molecular formula is C21H20N4O. The predicted molar refractivity (Wildman–Crippen MR) is 102 cm³/mol. The van der Waals surface area contributed by atoms with Crippen LogP contribution in [0.15, 0.2) is 61.2 Å². The summed E-state index contributed by atoms with van der Waals surface area (Å²) in [5.74, 6) is 1.63. The molecule has 0 amide bonds. The molecule has 0 aliphatic carbocycles. The number of methoxy groups -OCH3 is 1. The molecule has 130 valence electrons. The number of imidazole rings is 1. The van der Waals surface area contributed by atoms with Gasteiger partial charge in [0, 0.05) is 47.8 Å². The molecule has 0 spiro atoms. The van der Waals surface area contributed by atoms with Crippen molar-refractivity contribution in [2.24, 2.45) is 0 Å². The highest BCUT2D eigenvalue weighted by molar-refractivity contribution is 5.94. The molecule has 0 fully saturated rings. The van der Waals surface area contributed by atoms with E-state index in [9.17, 15) is 0 Å². The minimum absolute atomic E-state index is 0.680. The standard InChI is InChI=1S/C21H20N4O/c1-15-7-8-18(17-6-4-10-22-19(15)17)20-23-12-14-25(20)13-9-16-5-3-11-24-21(16)26-2/h3-8,10-12,14H,9,13H2,1-2H3. The Balaban J connectivity index is 1.69. The number of ether oxygens (including phenoxy) is 1. The Morgan fingerprint density at radius 1 is 0.962 bits per heavy atom. The van der Waals surface area contributed by atoms with Gasteiger partial charge in [0.05, 0.1) is 12.6 Å². The molecule has 1 aromatic carbocycles. The van der Waals surface area contributed by atoms with E-state index in [1.807, 2.05) is 36.8 Å². The summed E-state index contributed by atoms with van der Waals surface area (Å²) in [6, 6.07) is 12.3. The Kier molecular flexibility index (Phi) is 4.35. The number of hydrogen-bond donors (Lipinski definition) is 0. The van der Waals surface area contributed by atoms with Crippen LogP contribution in [0, 0.1) is 6.92 Å². The van der Waals surface area contributed by atoms with Gasteiger partial charge in [-0.3, -0.25) is 4.98 Å². The molecule has 0 bridgehead atoms. The van der Waals surface area contributed by atoms with Crippen molar-refractivity contribution in [3.05, 3.63) is 72.3 Å². The van der Waals surface area contributed by atoms with Gasteiger partial charge in [0.2, 0.25) is 5.88 Å². The van der Waals surface area contributed by atoms with Crippen LogP contribution in [0.4, 0.5) is 0 Å². The number of rotatable bonds is 5. The molecule has 0 atom stereocenters. The topological polar surface area (TPSA) is 52.8 Å². The molecule has 5 heteroatoms. The first kappa shape index (κ1) is 16.3. The molecule has 3 aromatic heterocycles. The lowest BCUT2D eigenvalue weighted by Crippen LogP contribution is -2.05. The van der Waals surface area contributed by atoms with Gasteiger partial charge >= 0.3 is 0 Å². The number of aryl methyl sites for hydroxylation is 3. The molecule has 26 heavy (non-hydrogen) atoms. The zero-order valence-corrected chi connectivity index (χ0v) is 14.9. The highest BCUT2D eigenvalue weighted by Crippen LogP contribution is 2.28. The van der Waals surface area contributed by atoms with Crippen LogP contribution < -0.4 is 4.74 Å². The third-order valence-corrected chi connectivity index (χ3v) is 4.59. The minimum Gasteiger partial charge on any atom is -0.481 e. The molecule has 4 aromatic rings. The zero-order chi connectivity index (χ0) is 17.9. The third kappa shape index (κ3) is 2.92. The second-order valence-corrected chi connectivity index (χ2v) is 6.20. The van der Waals surface area contributed by atoms with Gasteiger partial charge in [0.15, 0.2) is 0 Å². The van der Waals surface area contributed by atoms with Crippen LogP contribution in [-0.2, 0) is 13.0 Å². The lowest BCUT2D eigenvalue weighted by molar-refractivity contribution is 0.391. The van der Waals surface area contributed by atoms with Crippen molar-refractivity contribution >= 4 is 10.9 Å². The largest absolute Gasteiger partial charge is 0.481 e. The summed E-state index contributed by atoms with van der Waals surface area (Å²) in [7, 11) is 1.65. The zero-order valence-electron chi connectivity index (χ0n) is 14.9. The fourth-order valence-corrected chi connectivity index (χ4v) is 3.28. The first-order valence-electron chi connectivity index (χ1n) is 8.61. The van der Waals surface area contributed by atoms with E-state index in [1.54, 1.807) is 13.3 Å². The SMILES string of the molecule is COc1ncccc1CCn1ccnc1-c1ccc(C)c2ncccc12. The summed E-state index contributed by atoms with van der Waals surface area (Å²) in [5, 5.41) is 1.12. The molecule has 4 rings (SSSR count). The van der Waals surface area contributed by atoms with Crippen molar-refractivity contribution in [3.63, 3.8) is 0 Å². The van der Waals surface area contributed by atoms with Gasteiger partial charge in [-0.05, 0) is 31.0 Å². The molecule has 0 saturated heterocycles. The highest BCUT2D eigenvalue weighted by Gasteiger charge is 2.12.